The molecule has 0 spiro atoms. The number of thiocarbonyl (C=S) groups is 1. The molecule has 5 nitrogen and oxygen atoms in total. The largest absolute Gasteiger partial charge is 0.495 e. The number of halogens is 1. The summed E-state index contributed by atoms with van der Waals surface area (Å²) in [6.07, 6.45) is 0. The van der Waals surface area contributed by atoms with Crippen LogP contribution in [0.25, 0.3) is 10.8 Å². The molecule has 0 saturated carbocycles. The molecule has 2 N–H and O–H groups in total. The highest BCUT2D eigenvalue weighted by Gasteiger charge is 2.20. The molecule has 1 heterocycles. The maximum absolute atomic E-state index is 12.8. The molecule has 1 aromatic heterocycles. The minimum Gasteiger partial charge on any atom is -0.495 e. The van der Waals surface area contributed by atoms with E-state index in [1.165, 1.54) is 18.4 Å². The molecule has 0 aliphatic rings. The van der Waals surface area contributed by atoms with Gasteiger partial charge in [-0.25, -0.2) is 0 Å². The lowest BCUT2D eigenvalue weighted by atomic mass is 10.1. The van der Waals surface area contributed by atoms with E-state index in [9.17, 15) is 10.1 Å². The van der Waals surface area contributed by atoms with Crippen molar-refractivity contribution >= 4 is 66.3 Å². The van der Waals surface area contributed by atoms with Crippen molar-refractivity contribution in [2.75, 3.05) is 12.4 Å². The predicted octanol–water partition coefficient (Wildman–Crippen LogP) is 5.29. The molecule has 8 heteroatoms. The number of thiophene rings is 1. The average molecular weight is 474 g/mol. The molecular weight excluding hydrogens is 458 g/mol. The third kappa shape index (κ3) is 3.74. The van der Waals surface area contributed by atoms with E-state index in [1.54, 1.807) is 6.07 Å². The van der Waals surface area contributed by atoms with Crippen LogP contribution in [0.5, 0.6) is 5.75 Å². The number of nitriles is 1. The molecule has 3 rings (SSSR count). The van der Waals surface area contributed by atoms with Crippen LogP contribution in [0.15, 0.2) is 34.8 Å². The van der Waals surface area contributed by atoms with E-state index in [2.05, 4.69) is 32.6 Å². The molecule has 0 aliphatic heterocycles. The van der Waals surface area contributed by atoms with Crippen LogP contribution >= 0.6 is 39.5 Å². The number of hydrogen-bond acceptors (Lipinski definition) is 5. The Bertz CT molecular complexity index is 1150. The second-order valence-corrected chi connectivity index (χ2v) is 8.43. The molecule has 0 fully saturated rings. The first-order valence-corrected chi connectivity index (χ1v) is 10.3. The average Bonchev–Trinajstić information content (AvgIpc) is 2.94. The first-order valence-electron chi connectivity index (χ1n) is 8.25. The van der Waals surface area contributed by atoms with Crippen LogP contribution in [0.1, 0.15) is 26.4 Å². The lowest BCUT2D eigenvalue weighted by Crippen LogP contribution is -2.34. The van der Waals surface area contributed by atoms with Gasteiger partial charge < -0.3 is 10.1 Å². The van der Waals surface area contributed by atoms with E-state index >= 15 is 0 Å². The van der Waals surface area contributed by atoms with E-state index in [1.807, 2.05) is 38.1 Å². The highest BCUT2D eigenvalue weighted by Crippen LogP contribution is 2.36. The van der Waals surface area contributed by atoms with E-state index in [4.69, 9.17) is 17.0 Å². The second-order valence-electron chi connectivity index (χ2n) is 6.00. The number of methoxy groups -OCH3 is 1. The van der Waals surface area contributed by atoms with Gasteiger partial charge in [0, 0.05) is 4.88 Å². The van der Waals surface area contributed by atoms with Gasteiger partial charge in [0.2, 0.25) is 0 Å². The molecule has 0 aliphatic carbocycles. The number of carbonyl (C=O) groups excluding carboxylic acids is 1. The van der Waals surface area contributed by atoms with Gasteiger partial charge in [-0.2, -0.15) is 5.26 Å². The van der Waals surface area contributed by atoms with E-state index < -0.39 is 5.91 Å². The fourth-order valence-corrected chi connectivity index (χ4v) is 4.82. The van der Waals surface area contributed by atoms with Crippen molar-refractivity contribution in [2.24, 2.45) is 0 Å². The molecule has 1 amide bonds. The molecule has 0 bridgehead atoms. The molecule has 0 atom stereocenters. The number of aryl methyl sites for hydroxylation is 1. The molecule has 2 aromatic carbocycles. The second kappa shape index (κ2) is 8.27. The number of ether oxygens (including phenoxy) is 1. The summed E-state index contributed by atoms with van der Waals surface area (Å²) >= 11 is 10.2. The zero-order valence-electron chi connectivity index (χ0n) is 15.3. The van der Waals surface area contributed by atoms with E-state index in [-0.39, 0.29) is 5.11 Å². The number of fused-ring (bicyclic) bond motifs is 1. The highest BCUT2D eigenvalue weighted by atomic mass is 79.9. The number of rotatable bonds is 3. The van der Waals surface area contributed by atoms with Crippen molar-refractivity contribution in [3.63, 3.8) is 0 Å². The minimum absolute atomic E-state index is 0.120. The van der Waals surface area contributed by atoms with Gasteiger partial charge in [-0.05, 0) is 64.4 Å². The Hall–Kier alpha value is -2.47. The first kappa shape index (κ1) is 20.3. The quantitative estimate of drug-likeness (QED) is 0.505. The van der Waals surface area contributed by atoms with Crippen molar-refractivity contribution < 1.29 is 9.53 Å². The number of nitrogens with one attached hydrogen (secondary N) is 2. The summed E-state index contributed by atoms with van der Waals surface area (Å²) in [4.78, 5) is 13.9. The Morgan fingerprint density at radius 1 is 1.32 bits per heavy atom. The van der Waals surface area contributed by atoms with Crippen LogP contribution in [-0.4, -0.2) is 18.1 Å². The van der Waals surface area contributed by atoms with Crippen molar-refractivity contribution in [3.05, 3.63) is 56.4 Å². The third-order valence-corrected chi connectivity index (χ3v) is 6.46. The van der Waals surface area contributed by atoms with E-state index in [0.717, 1.165) is 21.2 Å². The Kier molecular flexibility index (Phi) is 5.98. The smallest absolute Gasteiger partial charge is 0.261 e. The Balaban J connectivity index is 1.88. The van der Waals surface area contributed by atoms with Gasteiger partial charge in [-0.15, -0.1) is 11.3 Å². The van der Waals surface area contributed by atoms with Crippen LogP contribution in [0.2, 0.25) is 0 Å². The van der Waals surface area contributed by atoms with Crippen LogP contribution < -0.4 is 15.4 Å². The third-order valence-electron chi connectivity index (χ3n) is 4.34. The van der Waals surface area contributed by atoms with Crippen LogP contribution in [0.4, 0.5) is 5.00 Å². The monoisotopic (exact) mass is 473 g/mol. The highest BCUT2D eigenvalue weighted by molar-refractivity contribution is 9.10. The van der Waals surface area contributed by atoms with Crippen molar-refractivity contribution in [1.82, 2.24) is 5.32 Å². The number of nitrogens with zero attached hydrogens (tertiary/aromatic N) is 1. The van der Waals surface area contributed by atoms with Crippen LogP contribution in [0, 0.1) is 25.2 Å². The molecule has 0 saturated heterocycles. The topological polar surface area (TPSA) is 74.2 Å². The van der Waals surface area contributed by atoms with Gasteiger partial charge in [-0.1, -0.05) is 24.3 Å². The molecular formula is C20H16BrN3O2S2. The van der Waals surface area contributed by atoms with Gasteiger partial charge in [-0.3, -0.25) is 10.1 Å². The molecule has 28 heavy (non-hydrogen) atoms. The number of benzene rings is 2. The summed E-state index contributed by atoms with van der Waals surface area (Å²) in [5.74, 6) is 0.0313. The van der Waals surface area contributed by atoms with Gasteiger partial charge in [0.05, 0.1) is 22.7 Å². The Morgan fingerprint density at radius 3 is 2.71 bits per heavy atom. The van der Waals surface area contributed by atoms with Gasteiger partial charge in [0.1, 0.15) is 16.8 Å². The maximum atomic E-state index is 12.8. The zero-order valence-corrected chi connectivity index (χ0v) is 18.6. The molecule has 142 valence electrons. The molecule has 0 unspecified atom stereocenters. The number of anilines is 1. The van der Waals surface area contributed by atoms with Crippen molar-refractivity contribution in [2.45, 2.75) is 13.8 Å². The van der Waals surface area contributed by atoms with Crippen LogP contribution in [0.3, 0.4) is 0 Å². The van der Waals surface area contributed by atoms with Gasteiger partial charge in [0.25, 0.3) is 5.91 Å². The number of amides is 1. The number of hydrogen-bond donors (Lipinski definition) is 2. The number of carbonyl (C=O) groups is 1. The molecule has 3 aromatic rings. The van der Waals surface area contributed by atoms with Crippen LogP contribution in [-0.2, 0) is 0 Å². The Labute approximate surface area is 180 Å². The normalized spacial score (nSPS) is 10.4. The lowest BCUT2D eigenvalue weighted by molar-refractivity contribution is 0.0975. The van der Waals surface area contributed by atoms with Crippen molar-refractivity contribution in [3.8, 4) is 11.8 Å². The SMILES string of the molecule is COc1c(C(=O)NC(=S)Nc2sc(C)c(C)c2C#N)cc2ccccc2c1Br. The summed E-state index contributed by atoms with van der Waals surface area (Å²) < 4.78 is 6.15. The van der Waals surface area contributed by atoms with Crippen molar-refractivity contribution in [1.29, 1.82) is 5.26 Å². The standard InChI is InChI=1S/C20H16BrN3O2S2/c1-10-11(2)28-19(15(10)9-22)24-20(27)23-18(25)14-8-12-6-4-5-7-13(12)16(21)17(14)26-3/h4-8H,1-3H3,(H2,23,24,25,27). The fraction of sp³-hybridized carbons (Fsp3) is 0.150. The maximum Gasteiger partial charge on any atom is 0.261 e. The summed E-state index contributed by atoms with van der Waals surface area (Å²) in [5.41, 5.74) is 1.80. The summed E-state index contributed by atoms with van der Waals surface area (Å²) in [5, 5.41) is 17.6. The minimum atomic E-state index is -0.399. The predicted molar refractivity (Wildman–Crippen MR) is 120 cm³/mol. The molecule has 0 radical (unpaired) electrons. The van der Waals surface area contributed by atoms with Gasteiger partial charge in [0.15, 0.2) is 5.11 Å². The van der Waals surface area contributed by atoms with Gasteiger partial charge >= 0.3 is 0 Å². The summed E-state index contributed by atoms with van der Waals surface area (Å²) in [7, 11) is 1.51. The summed E-state index contributed by atoms with van der Waals surface area (Å²) in [6, 6.07) is 11.6. The summed E-state index contributed by atoms with van der Waals surface area (Å²) in [6.45, 7) is 3.82. The lowest BCUT2D eigenvalue weighted by Gasteiger charge is -2.14. The first-order chi connectivity index (χ1) is 13.4. The fourth-order valence-electron chi connectivity index (χ4n) is 2.81. The van der Waals surface area contributed by atoms with E-state index in [0.29, 0.717) is 26.4 Å². The zero-order chi connectivity index (χ0) is 20.4. The Morgan fingerprint density at radius 2 is 2.04 bits per heavy atom.